The van der Waals surface area contributed by atoms with Gasteiger partial charge in [-0.15, -0.1) is 11.8 Å². The van der Waals surface area contributed by atoms with E-state index in [9.17, 15) is 19.5 Å². The number of hydrogen-bond donors (Lipinski definition) is 3. The molecule has 1 aromatic rings. The van der Waals surface area contributed by atoms with Crippen LogP contribution in [-0.4, -0.2) is 61.8 Å². The number of rotatable bonds is 6. The van der Waals surface area contributed by atoms with E-state index in [-0.39, 0.29) is 34.7 Å². The Bertz CT molecular complexity index is 886. The maximum atomic E-state index is 12.7. The summed E-state index contributed by atoms with van der Waals surface area (Å²) in [5.74, 6) is -1.89. The zero-order chi connectivity index (χ0) is 20.4. The van der Waals surface area contributed by atoms with Crippen molar-refractivity contribution in [2.75, 3.05) is 12.3 Å². The Labute approximate surface area is 164 Å². The Morgan fingerprint density at radius 2 is 2.21 bits per heavy atom. The number of hydrogen-bond acceptors (Lipinski definition) is 8. The van der Waals surface area contributed by atoms with Crippen LogP contribution in [0.2, 0.25) is 0 Å². The molecule has 11 heteroatoms. The molecule has 3 rings (SSSR count). The molecule has 2 aliphatic rings. The molecule has 10 nitrogen and oxygen atoms in total. The average Bonchev–Trinajstić information content (AvgIpc) is 2.66. The van der Waals surface area contributed by atoms with Crippen LogP contribution >= 0.6 is 11.8 Å². The number of carbonyl (C=O) groups excluding carboxylic acids is 2. The van der Waals surface area contributed by atoms with Crippen molar-refractivity contribution in [1.29, 1.82) is 0 Å². The molecular weight excluding hydrogens is 386 g/mol. The third kappa shape index (κ3) is 3.65. The van der Waals surface area contributed by atoms with Gasteiger partial charge in [0.05, 0.1) is 5.57 Å². The zero-order valence-electron chi connectivity index (χ0n) is 15.2. The number of pyridine rings is 1. The topological polar surface area (TPSA) is 147 Å². The second-order valence-electron chi connectivity index (χ2n) is 6.06. The van der Waals surface area contributed by atoms with Crippen molar-refractivity contribution in [3.05, 3.63) is 35.7 Å². The first kappa shape index (κ1) is 19.7. The van der Waals surface area contributed by atoms with Gasteiger partial charge in [0.2, 0.25) is 0 Å². The standard InChI is InChI=1S/C17H19N5O5S/c1-3-27-21-12(10-5-4-6-11(18)19-10)14(23)20-13-15(24)22-7-9(17(25)26)8(2)28-16(13)22/h4-8,13,16H,3H2,1-2H3,(H2,18,19)(H,20,23)(H,25,26)/t8?,13?,16-/m1/s1. The minimum atomic E-state index is -1.07. The smallest absolute Gasteiger partial charge is 0.334 e. The summed E-state index contributed by atoms with van der Waals surface area (Å²) in [4.78, 5) is 46.8. The van der Waals surface area contributed by atoms with E-state index in [0.717, 1.165) is 0 Å². The number of nitrogens with one attached hydrogen (secondary N) is 1. The molecule has 0 aromatic carbocycles. The van der Waals surface area contributed by atoms with E-state index in [4.69, 9.17) is 10.6 Å². The molecule has 1 aromatic heterocycles. The highest BCUT2D eigenvalue weighted by atomic mass is 32.2. The number of aliphatic carboxylic acids is 1. The third-order valence-electron chi connectivity index (χ3n) is 4.19. The van der Waals surface area contributed by atoms with Gasteiger partial charge in [-0.25, -0.2) is 9.78 Å². The summed E-state index contributed by atoms with van der Waals surface area (Å²) in [7, 11) is 0. The Hall–Kier alpha value is -3.08. The number of carbonyl (C=O) groups is 3. The van der Waals surface area contributed by atoms with Crippen LogP contribution in [0.25, 0.3) is 0 Å². The number of nitrogen functional groups attached to an aromatic ring is 1. The van der Waals surface area contributed by atoms with Crippen molar-refractivity contribution >= 4 is 41.1 Å². The van der Waals surface area contributed by atoms with Gasteiger partial charge in [-0.2, -0.15) is 0 Å². The van der Waals surface area contributed by atoms with Crippen molar-refractivity contribution < 1.29 is 24.3 Å². The first-order chi connectivity index (χ1) is 13.3. The van der Waals surface area contributed by atoms with Crippen LogP contribution in [0.15, 0.2) is 35.1 Å². The number of fused-ring (bicyclic) bond motifs is 1. The number of carboxylic acids is 1. The molecule has 4 N–H and O–H groups in total. The molecule has 2 unspecified atom stereocenters. The molecular formula is C17H19N5O5S. The van der Waals surface area contributed by atoms with Crippen LogP contribution in [-0.2, 0) is 19.2 Å². The lowest BCUT2D eigenvalue weighted by molar-refractivity contribution is -0.144. The van der Waals surface area contributed by atoms with Crippen LogP contribution in [0.4, 0.5) is 5.82 Å². The summed E-state index contributed by atoms with van der Waals surface area (Å²) < 4.78 is 0. The minimum absolute atomic E-state index is 0.101. The first-order valence-corrected chi connectivity index (χ1v) is 9.44. The van der Waals surface area contributed by atoms with E-state index in [0.29, 0.717) is 0 Å². The number of carboxylic acid groups (broad SMARTS) is 1. The lowest BCUT2D eigenvalue weighted by atomic mass is 10.1. The molecule has 0 spiro atoms. The van der Waals surface area contributed by atoms with Gasteiger partial charge in [-0.3, -0.25) is 9.59 Å². The fourth-order valence-electron chi connectivity index (χ4n) is 2.79. The number of nitrogens with two attached hydrogens (primary N) is 1. The van der Waals surface area contributed by atoms with E-state index < -0.39 is 29.2 Å². The number of β-lactam (4-membered cyclic amide) rings is 1. The molecule has 2 amide bonds. The number of oxime groups is 1. The van der Waals surface area contributed by atoms with Gasteiger partial charge in [0.1, 0.15) is 29.5 Å². The third-order valence-corrected chi connectivity index (χ3v) is 5.63. The van der Waals surface area contributed by atoms with Gasteiger partial charge >= 0.3 is 5.97 Å². The van der Waals surface area contributed by atoms with Gasteiger partial charge in [-0.1, -0.05) is 11.2 Å². The van der Waals surface area contributed by atoms with Crippen LogP contribution in [0, 0.1) is 0 Å². The van der Waals surface area contributed by atoms with Crippen LogP contribution in [0.5, 0.6) is 0 Å². The van der Waals surface area contributed by atoms with Crippen molar-refractivity contribution in [2.24, 2.45) is 5.16 Å². The highest BCUT2D eigenvalue weighted by molar-refractivity contribution is 8.00. The van der Waals surface area contributed by atoms with E-state index in [2.05, 4.69) is 15.5 Å². The van der Waals surface area contributed by atoms with E-state index in [1.165, 1.54) is 22.9 Å². The van der Waals surface area contributed by atoms with Gasteiger partial charge < -0.3 is 25.9 Å². The lowest BCUT2D eigenvalue weighted by Gasteiger charge is -2.48. The molecule has 0 saturated carbocycles. The van der Waals surface area contributed by atoms with Crippen LogP contribution in [0.1, 0.15) is 19.5 Å². The number of thioether (sulfide) groups is 1. The molecule has 3 heterocycles. The first-order valence-electron chi connectivity index (χ1n) is 8.49. The molecule has 2 aliphatic heterocycles. The second-order valence-corrected chi connectivity index (χ2v) is 7.52. The summed E-state index contributed by atoms with van der Waals surface area (Å²) in [6.07, 6.45) is 1.33. The largest absolute Gasteiger partial charge is 0.478 e. The Kier molecular flexibility index (Phi) is 5.54. The highest BCUT2D eigenvalue weighted by Crippen LogP contribution is 2.40. The van der Waals surface area contributed by atoms with E-state index >= 15 is 0 Å². The maximum absolute atomic E-state index is 12.7. The lowest BCUT2D eigenvalue weighted by Crippen LogP contribution is -2.69. The van der Waals surface area contributed by atoms with Crippen LogP contribution in [0.3, 0.4) is 0 Å². The van der Waals surface area contributed by atoms with Gasteiger partial charge in [0.15, 0.2) is 5.71 Å². The average molecular weight is 405 g/mol. The molecule has 0 aliphatic carbocycles. The van der Waals surface area contributed by atoms with Crippen molar-refractivity contribution in [2.45, 2.75) is 30.5 Å². The number of nitrogens with zero attached hydrogens (tertiary/aromatic N) is 3. The van der Waals surface area contributed by atoms with Gasteiger partial charge in [-0.05, 0) is 26.0 Å². The van der Waals surface area contributed by atoms with E-state index in [1.807, 2.05) is 0 Å². The number of anilines is 1. The van der Waals surface area contributed by atoms with Gasteiger partial charge in [0.25, 0.3) is 11.8 Å². The second kappa shape index (κ2) is 7.89. The maximum Gasteiger partial charge on any atom is 0.334 e. The molecule has 0 radical (unpaired) electrons. The SMILES string of the molecule is CCON=C(C(=O)NC1C(=O)N2C=C(C(=O)O)C(C)S[C@H]12)c1cccc(N)n1. The minimum Gasteiger partial charge on any atom is -0.478 e. The molecule has 1 saturated heterocycles. The van der Waals surface area contributed by atoms with E-state index in [1.54, 1.807) is 32.0 Å². The quantitative estimate of drug-likeness (QED) is 0.344. The van der Waals surface area contributed by atoms with Crippen LogP contribution < -0.4 is 11.1 Å². The molecule has 3 atom stereocenters. The molecule has 148 valence electrons. The fraction of sp³-hybridized carbons (Fsp3) is 0.353. The summed E-state index contributed by atoms with van der Waals surface area (Å²) in [6.45, 7) is 3.70. The highest BCUT2D eigenvalue weighted by Gasteiger charge is 2.51. The monoisotopic (exact) mass is 405 g/mol. The Morgan fingerprint density at radius 1 is 1.46 bits per heavy atom. The molecule has 0 bridgehead atoms. The Morgan fingerprint density at radius 3 is 2.86 bits per heavy atom. The van der Waals surface area contributed by atoms with Crippen molar-refractivity contribution in [1.82, 2.24) is 15.2 Å². The summed E-state index contributed by atoms with van der Waals surface area (Å²) in [5, 5.41) is 14.9. The van der Waals surface area contributed by atoms with Crippen molar-refractivity contribution in [3.63, 3.8) is 0 Å². The molecule has 1 fully saturated rings. The molecule has 28 heavy (non-hydrogen) atoms. The predicted octanol–water partition coefficient (Wildman–Crippen LogP) is 0.161. The normalized spacial score (nSPS) is 24.0. The zero-order valence-corrected chi connectivity index (χ0v) is 16.0. The summed E-state index contributed by atoms with van der Waals surface area (Å²) in [6, 6.07) is 3.94. The Balaban J connectivity index is 1.78. The summed E-state index contributed by atoms with van der Waals surface area (Å²) >= 11 is 1.29. The predicted molar refractivity (Wildman–Crippen MR) is 102 cm³/mol. The van der Waals surface area contributed by atoms with Gasteiger partial charge in [0, 0.05) is 11.4 Å². The number of amides is 2. The summed E-state index contributed by atoms with van der Waals surface area (Å²) in [5.41, 5.74) is 5.92. The number of aromatic nitrogens is 1. The van der Waals surface area contributed by atoms with Crippen molar-refractivity contribution in [3.8, 4) is 0 Å². The fourth-order valence-corrected chi connectivity index (χ4v) is 4.16.